The van der Waals surface area contributed by atoms with Gasteiger partial charge in [-0.2, -0.15) is 0 Å². The van der Waals surface area contributed by atoms with Crippen molar-refractivity contribution < 1.29 is 18.4 Å². The fraction of sp³-hybridized carbons (Fsp3) is 0.333. The van der Waals surface area contributed by atoms with Gasteiger partial charge in [-0.15, -0.1) is 0 Å². The topological polar surface area (TPSA) is 58.2 Å². The third-order valence-electron chi connectivity index (χ3n) is 2.76. The van der Waals surface area contributed by atoms with Crippen LogP contribution >= 0.6 is 15.9 Å². The minimum atomic E-state index is -0.967. The van der Waals surface area contributed by atoms with Gasteiger partial charge in [0.25, 0.3) is 5.91 Å². The molecule has 1 fully saturated rings. The molecule has 1 saturated carbocycles. The van der Waals surface area contributed by atoms with Gasteiger partial charge in [-0.1, -0.05) is 0 Å². The van der Waals surface area contributed by atoms with Gasteiger partial charge in [0.2, 0.25) is 0 Å². The maximum Gasteiger partial charge on any atom is 0.321 e. The average Bonchev–Trinajstić information content (AvgIpc) is 3.14. The first kappa shape index (κ1) is 13.9. The maximum atomic E-state index is 13.8. The molecule has 2 N–H and O–H groups in total. The second-order valence-electron chi connectivity index (χ2n) is 4.36. The van der Waals surface area contributed by atoms with Crippen LogP contribution in [0.15, 0.2) is 10.5 Å². The summed E-state index contributed by atoms with van der Waals surface area (Å²) in [5.41, 5.74) is -0.517. The predicted molar refractivity (Wildman–Crippen MR) is 67.8 cm³/mol. The van der Waals surface area contributed by atoms with Crippen molar-refractivity contribution in [3.63, 3.8) is 0 Å². The Morgan fingerprint density at radius 1 is 1.37 bits per heavy atom. The zero-order valence-corrected chi connectivity index (χ0v) is 11.6. The van der Waals surface area contributed by atoms with Gasteiger partial charge in [-0.25, -0.2) is 13.6 Å². The molecule has 1 aromatic rings. The Balaban J connectivity index is 2.16. The Hall–Kier alpha value is -1.50. The van der Waals surface area contributed by atoms with E-state index in [1.807, 2.05) is 5.32 Å². The fourth-order valence-electron chi connectivity index (χ4n) is 1.52. The number of urea groups is 1. The molecule has 0 spiro atoms. The van der Waals surface area contributed by atoms with Crippen LogP contribution in [-0.2, 0) is 0 Å². The summed E-state index contributed by atoms with van der Waals surface area (Å²) in [7, 11) is 0. The van der Waals surface area contributed by atoms with E-state index in [9.17, 15) is 18.4 Å². The number of carbonyl (C=O) groups is 2. The van der Waals surface area contributed by atoms with E-state index in [0.29, 0.717) is 0 Å². The van der Waals surface area contributed by atoms with E-state index in [1.54, 1.807) is 0 Å². The van der Waals surface area contributed by atoms with E-state index in [2.05, 4.69) is 21.2 Å². The van der Waals surface area contributed by atoms with E-state index in [1.165, 1.54) is 6.92 Å². The number of rotatable bonds is 2. The second-order valence-corrected chi connectivity index (χ2v) is 5.15. The largest absolute Gasteiger partial charge is 0.335 e. The highest BCUT2D eigenvalue weighted by molar-refractivity contribution is 9.10. The molecule has 19 heavy (non-hydrogen) atoms. The van der Waals surface area contributed by atoms with Gasteiger partial charge in [-0.3, -0.25) is 10.1 Å². The molecule has 0 heterocycles. The van der Waals surface area contributed by atoms with Crippen LogP contribution in [0.5, 0.6) is 0 Å². The van der Waals surface area contributed by atoms with E-state index >= 15 is 0 Å². The molecule has 4 nitrogen and oxygen atoms in total. The summed E-state index contributed by atoms with van der Waals surface area (Å²) in [6, 6.07) is 0.125. The highest BCUT2D eigenvalue weighted by Gasteiger charge is 2.25. The molecular weight excluding hydrogens is 322 g/mol. The van der Waals surface area contributed by atoms with Crippen LogP contribution in [-0.4, -0.2) is 18.0 Å². The lowest BCUT2D eigenvalue weighted by molar-refractivity contribution is 0.0959. The molecule has 1 aromatic carbocycles. The van der Waals surface area contributed by atoms with E-state index in [-0.39, 0.29) is 16.1 Å². The smallest absolute Gasteiger partial charge is 0.321 e. The van der Waals surface area contributed by atoms with Crippen LogP contribution in [0.4, 0.5) is 13.6 Å². The first-order valence-corrected chi connectivity index (χ1v) is 6.45. The number of carbonyl (C=O) groups excluding carboxylic acids is 2. The SMILES string of the molecule is Cc1c(F)c(C(=O)NC(=O)NC2CC2)cc(F)c1Br. The van der Waals surface area contributed by atoms with Crippen molar-refractivity contribution in [3.05, 3.63) is 33.3 Å². The fourth-order valence-corrected chi connectivity index (χ4v) is 1.80. The first-order valence-electron chi connectivity index (χ1n) is 5.66. The summed E-state index contributed by atoms with van der Waals surface area (Å²) in [4.78, 5) is 23.1. The molecule has 0 bridgehead atoms. The van der Waals surface area contributed by atoms with Crippen molar-refractivity contribution in [1.82, 2.24) is 10.6 Å². The lowest BCUT2D eigenvalue weighted by atomic mass is 10.1. The van der Waals surface area contributed by atoms with Crippen molar-refractivity contribution in [2.24, 2.45) is 0 Å². The summed E-state index contributed by atoms with van der Waals surface area (Å²) >= 11 is 2.88. The van der Waals surface area contributed by atoms with Crippen LogP contribution in [0.2, 0.25) is 0 Å². The van der Waals surface area contributed by atoms with E-state index in [0.717, 1.165) is 18.9 Å². The summed E-state index contributed by atoms with van der Waals surface area (Å²) in [6.45, 7) is 1.34. The van der Waals surface area contributed by atoms with Gasteiger partial charge < -0.3 is 5.32 Å². The maximum absolute atomic E-state index is 13.8. The van der Waals surface area contributed by atoms with Gasteiger partial charge >= 0.3 is 6.03 Å². The number of halogens is 3. The highest BCUT2D eigenvalue weighted by Crippen LogP contribution is 2.25. The third-order valence-corrected chi connectivity index (χ3v) is 3.73. The van der Waals surface area contributed by atoms with Gasteiger partial charge in [0.05, 0.1) is 10.0 Å². The summed E-state index contributed by atoms with van der Waals surface area (Å²) in [5, 5.41) is 4.49. The number of imide groups is 1. The Morgan fingerprint density at radius 3 is 2.58 bits per heavy atom. The van der Waals surface area contributed by atoms with E-state index < -0.39 is 29.1 Å². The lowest BCUT2D eigenvalue weighted by Crippen LogP contribution is -2.40. The van der Waals surface area contributed by atoms with Gasteiger partial charge in [0.15, 0.2) is 0 Å². The third kappa shape index (κ3) is 3.09. The van der Waals surface area contributed by atoms with Crippen LogP contribution in [0, 0.1) is 18.6 Å². The Morgan fingerprint density at radius 2 is 2.00 bits per heavy atom. The molecule has 102 valence electrons. The Labute approximate surface area is 116 Å². The van der Waals surface area contributed by atoms with Crippen LogP contribution in [0.3, 0.4) is 0 Å². The Bertz CT molecular complexity index is 559. The normalized spacial score (nSPS) is 14.1. The highest BCUT2D eigenvalue weighted by atomic mass is 79.9. The zero-order chi connectivity index (χ0) is 14.2. The molecule has 1 aliphatic carbocycles. The minimum Gasteiger partial charge on any atom is -0.335 e. The van der Waals surface area contributed by atoms with Crippen LogP contribution in [0.1, 0.15) is 28.8 Å². The minimum absolute atomic E-state index is 0.0206. The number of amides is 3. The van der Waals surface area contributed by atoms with Gasteiger partial charge in [0, 0.05) is 11.6 Å². The molecule has 0 aliphatic heterocycles. The van der Waals surface area contributed by atoms with Gasteiger partial charge in [0.1, 0.15) is 11.6 Å². The summed E-state index contributed by atoms with van der Waals surface area (Å²) in [6.07, 6.45) is 1.73. The molecule has 0 atom stereocenters. The summed E-state index contributed by atoms with van der Waals surface area (Å²) in [5.74, 6) is -2.58. The molecule has 7 heteroatoms. The average molecular weight is 333 g/mol. The monoisotopic (exact) mass is 332 g/mol. The van der Waals surface area contributed by atoms with Crippen molar-refractivity contribution in [1.29, 1.82) is 0 Å². The van der Waals surface area contributed by atoms with Crippen molar-refractivity contribution in [2.75, 3.05) is 0 Å². The van der Waals surface area contributed by atoms with Crippen molar-refractivity contribution in [3.8, 4) is 0 Å². The number of nitrogens with one attached hydrogen (secondary N) is 2. The zero-order valence-electron chi connectivity index (χ0n) is 10.0. The molecule has 0 radical (unpaired) electrons. The molecule has 1 aliphatic rings. The van der Waals surface area contributed by atoms with Crippen molar-refractivity contribution in [2.45, 2.75) is 25.8 Å². The molecule has 2 rings (SSSR count). The standard InChI is InChI=1S/C12H11BrF2N2O2/c1-5-9(13)8(14)4-7(10(5)15)11(18)17-12(19)16-6-2-3-6/h4,6H,2-3H2,1H3,(H2,16,17,18,19). The Kier molecular flexibility index (Phi) is 3.84. The molecule has 3 amide bonds. The molecule has 0 unspecified atom stereocenters. The number of hydrogen-bond donors (Lipinski definition) is 2. The van der Waals surface area contributed by atoms with E-state index in [4.69, 9.17) is 0 Å². The van der Waals surface area contributed by atoms with Gasteiger partial charge in [-0.05, 0) is 41.8 Å². The molecular formula is C12H11BrF2N2O2. The van der Waals surface area contributed by atoms with Crippen LogP contribution in [0.25, 0.3) is 0 Å². The number of benzene rings is 1. The number of hydrogen-bond acceptors (Lipinski definition) is 2. The predicted octanol–water partition coefficient (Wildman–Crippen LogP) is 2.64. The van der Waals surface area contributed by atoms with Crippen molar-refractivity contribution >= 4 is 27.9 Å². The lowest BCUT2D eigenvalue weighted by Gasteiger charge is -2.09. The summed E-state index contributed by atoms with van der Waals surface area (Å²) < 4.78 is 27.2. The molecule has 0 saturated heterocycles. The first-order chi connectivity index (χ1) is 8.90. The second kappa shape index (κ2) is 5.24. The quantitative estimate of drug-likeness (QED) is 0.818. The van der Waals surface area contributed by atoms with Crippen LogP contribution < -0.4 is 10.6 Å². The molecule has 0 aromatic heterocycles.